The van der Waals surface area contributed by atoms with Crippen LogP contribution in [0.4, 0.5) is 0 Å². The first-order valence-electron chi connectivity index (χ1n) is 19.0. The van der Waals surface area contributed by atoms with Crippen LogP contribution in [0.5, 0.6) is 0 Å². The minimum atomic E-state index is 0.818. The van der Waals surface area contributed by atoms with E-state index in [1.165, 1.54) is 36.3 Å². The number of rotatable bonds is 6. The molecule has 0 N–H and O–H groups in total. The van der Waals surface area contributed by atoms with Gasteiger partial charge < -0.3 is 0 Å². The fraction of sp³-hybridized carbons (Fsp3) is 0. The highest BCUT2D eigenvalue weighted by molar-refractivity contribution is 7.26. The van der Waals surface area contributed by atoms with E-state index in [2.05, 4.69) is 156 Å². The zero-order chi connectivity index (χ0) is 37.7. The van der Waals surface area contributed by atoms with Crippen LogP contribution in [-0.4, -0.2) is 19.9 Å². The Bertz CT molecular complexity index is 3240. The van der Waals surface area contributed by atoms with E-state index in [4.69, 9.17) is 9.97 Å². The molecule has 0 aliphatic heterocycles. The van der Waals surface area contributed by atoms with Crippen molar-refractivity contribution in [2.45, 2.75) is 0 Å². The minimum absolute atomic E-state index is 0.818. The molecule has 57 heavy (non-hydrogen) atoms. The van der Waals surface area contributed by atoms with Gasteiger partial charge in [0.25, 0.3) is 0 Å². The van der Waals surface area contributed by atoms with E-state index in [1.807, 2.05) is 54.1 Å². The van der Waals surface area contributed by atoms with Gasteiger partial charge in [-0.3, -0.25) is 9.97 Å². The van der Waals surface area contributed by atoms with Crippen LogP contribution in [0.2, 0.25) is 0 Å². The summed E-state index contributed by atoms with van der Waals surface area (Å²) in [5, 5.41) is 6.12. The van der Waals surface area contributed by atoms with Crippen molar-refractivity contribution in [2.24, 2.45) is 0 Å². The maximum Gasteiger partial charge on any atom is 0.0899 e. The van der Waals surface area contributed by atoms with Crippen molar-refractivity contribution in [1.29, 1.82) is 0 Å². The summed E-state index contributed by atoms with van der Waals surface area (Å²) in [5.41, 5.74) is 13.3. The van der Waals surface area contributed by atoms with E-state index in [0.29, 0.717) is 0 Å². The van der Waals surface area contributed by atoms with Gasteiger partial charge in [0.05, 0.1) is 33.0 Å². The molecule has 0 aliphatic rings. The predicted octanol–water partition coefficient (Wildman–Crippen LogP) is 13.9. The van der Waals surface area contributed by atoms with E-state index in [9.17, 15) is 0 Å². The number of aromatic nitrogens is 4. The second kappa shape index (κ2) is 13.7. The molecule has 0 fully saturated rings. The topological polar surface area (TPSA) is 51.6 Å². The molecule has 0 bridgehead atoms. The lowest BCUT2D eigenvalue weighted by molar-refractivity contribution is 1.24. The quantitative estimate of drug-likeness (QED) is 0.170. The standard InChI is InChI=1S/C52H32N4S/c1-2-19-40-33(12-1)13-9-22-42(40)51-52-49(43-20-3-4-25-48(43)57-52)44-23-10-21-41(50(44)56-51)37-17-8-15-35(29-37)34-14-7-16-36(28-34)39-30-46(38-18-11-26-53-32-38)55-47(31-39)45-24-5-6-27-54-45/h1-32H. The molecule has 266 valence electrons. The summed E-state index contributed by atoms with van der Waals surface area (Å²) in [6.07, 6.45) is 5.45. The third-order valence-corrected chi connectivity index (χ3v) is 12.0. The minimum Gasteiger partial charge on any atom is -0.264 e. The van der Waals surface area contributed by atoms with Gasteiger partial charge >= 0.3 is 0 Å². The lowest BCUT2D eigenvalue weighted by Crippen LogP contribution is -1.93. The summed E-state index contributed by atoms with van der Waals surface area (Å²) in [6, 6.07) is 62.4. The highest BCUT2D eigenvalue weighted by Crippen LogP contribution is 2.46. The Morgan fingerprint density at radius 2 is 1.07 bits per heavy atom. The maximum absolute atomic E-state index is 5.61. The maximum atomic E-state index is 5.61. The van der Waals surface area contributed by atoms with Gasteiger partial charge in [-0.05, 0) is 93.2 Å². The number of benzene rings is 6. The molecule has 0 saturated heterocycles. The van der Waals surface area contributed by atoms with Crippen LogP contribution in [0, 0.1) is 0 Å². The van der Waals surface area contributed by atoms with Gasteiger partial charge in [0.1, 0.15) is 0 Å². The second-order valence-corrected chi connectivity index (χ2v) is 15.3. The fourth-order valence-electron chi connectivity index (χ4n) is 8.10. The van der Waals surface area contributed by atoms with Crippen LogP contribution >= 0.6 is 11.3 Å². The Hall–Kier alpha value is -7.34. The molecule has 5 heterocycles. The molecule has 0 aliphatic carbocycles. The number of hydrogen-bond donors (Lipinski definition) is 0. The number of nitrogens with zero attached hydrogens (tertiary/aromatic N) is 4. The average Bonchev–Trinajstić information content (AvgIpc) is 3.69. The number of hydrogen-bond acceptors (Lipinski definition) is 5. The van der Waals surface area contributed by atoms with E-state index < -0.39 is 0 Å². The molecule has 11 aromatic rings. The zero-order valence-electron chi connectivity index (χ0n) is 30.7. The van der Waals surface area contributed by atoms with Crippen molar-refractivity contribution in [3.8, 4) is 67.3 Å². The van der Waals surface area contributed by atoms with Crippen molar-refractivity contribution in [2.75, 3.05) is 0 Å². The first-order chi connectivity index (χ1) is 28.2. The van der Waals surface area contributed by atoms with Crippen LogP contribution in [0.25, 0.3) is 109 Å². The summed E-state index contributed by atoms with van der Waals surface area (Å²) in [6.45, 7) is 0. The van der Waals surface area contributed by atoms with Crippen molar-refractivity contribution < 1.29 is 0 Å². The van der Waals surface area contributed by atoms with E-state index in [-0.39, 0.29) is 0 Å². The Morgan fingerprint density at radius 1 is 0.404 bits per heavy atom. The normalized spacial score (nSPS) is 11.5. The van der Waals surface area contributed by atoms with E-state index >= 15 is 0 Å². The second-order valence-electron chi connectivity index (χ2n) is 14.2. The predicted molar refractivity (Wildman–Crippen MR) is 238 cm³/mol. The molecular weight excluding hydrogens is 713 g/mol. The molecule has 0 spiro atoms. The van der Waals surface area contributed by atoms with Gasteiger partial charge in [-0.15, -0.1) is 11.3 Å². The summed E-state index contributed by atoms with van der Waals surface area (Å²) < 4.78 is 2.49. The van der Waals surface area contributed by atoms with Gasteiger partial charge in [-0.2, -0.15) is 0 Å². The molecule has 4 nitrogen and oxygen atoms in total. The summed E-state index contributed by atoms with van der Waals surface area (Å²) in [4.78, 5) is 19.6. The first kappa shape index (κ1) is 33.0. The molecule has 11 rings (SSSR count). The lowest BCUT2D eigenvalue weighted by Gasteiger charge is -2.14. The SMILES string of the molecule is c1ccc(-c2cc(-c3cccc(-c4cccc(-c5cccc6c5nc(-c5cccc7ccccc57)c5sc7ccccc7c56)c4)c3)cc(-c3cccnc3)n2)nc1. The van der Waals surface area contributed by atoms with Crippen molar-refractivity contribution in [3.05, 3.63) is 195 Å². The molecule has 0 amide bonds. The molecule has 5 heteroatoms. The monoisotopic (exact) mass is 744 g/mol. The van der Waals surface area contributed by atoms with Gasteiger partial charge in [0, 0.05) is 56.1 Å². The van der Waals surface area contributed by atoms with Crippen LogP contribution < -0.4 is 0 Å². The molecular formula is C52H32N4S. The Labute approximate surface area is 333 Å². The third kappa shape index (κ3) is 5.84. The smallest absolute Gasteiger partial charge is 0.0899 e. The van der Waals surface area contributed by atoms with Crippen LogP contribution in [0.3, 0.4) is 0 Å². The van der Waals surface area contributed by atoms with E-state index in [0.717, 1.165) is 72.8 Å². The number of fused-ring (bicyclic) bond motifs is 6. The molecule has 0 saturated carbocycles. The zero-order valence-corrected chi connectivity index (χ0v) is 31.5. The van der Waals surface area contributed by atoms with Gasteiger partial charge in [0.2, 0.25) is 0 Å². The Morgan fingerprint density at radius 3 is 1.91 bits per heavy atom. The summed E-state index contributed by atoms with van der Waals surface area (Å²) >= 11 is 1.83. The van der Waals surface area contributed by atoms with Crippen molar-refractivity contribution in [1.82, 2.24) is 19.9 Å². The molecule has 0 radical (unpaired) electrons. The van der Waals surface area contributed by atoms with Crippen LogP contribution in [-0.2, 0) is 0 Å². The molecule has 0 unspecified atom stereocenters. The Kier molecular flexibility index (Phi) is 7.97. The molecule has 6 aromatic carbocycles. The third-order valence-electron chi connectivity index (χ3n) is 10.8. The summed E-state index contributed by atoms with van der Waals surface area (Å²) in [7, 11) is 0. The largest absolute Gasteiger partial charge is 0.264 e. The molecule has 5 aromatic heterocycles. The van der Waals surface area contributed by atoms with Gasteiger partial charge in [0.15, 0.2) is 0 Å². The fourth-order valence-corrected chi connectivity index (χ4v) is 9.33. The highest BCUT2D eigenvalue weighted by atomic mass is 32.1. The van der Waals surface area contributed by atoms with Crippen LogP contribution in [0.1, 0.15) is 0 Å². The first-order valence-corrected chi connectivity index (χ1v) is 19.8. The van der Waals surface area contributed by atoms with Gasteiger partial charge in [-0.25, -0.2) is 9.97 Å². The number of para-hydroxylation sites is 1. The highest BCUT2D eigenvalue weighted by Gasteiger charge is 2.20. The van der Waals surface area contributed by atoms with E-state index in [1.54, 1.807) is 6.20 Å². The van der Waals surface area contributed by atoms with Crippen molar-refractivity contribution in [3.63, 3.8) is 0 Å². The van der Waals surface area contributed by atoms with Crippen LogP contribution in [0.15, 0.2) is 195 Å². The van der Waals surface area contributed by atoms with Gasteiger partial charge in [-0.1, -0.05) is 121 Å². The average molecular weight is 745 g/mol. The number of thiophene rings is 1. The van der Waals surface area contributed by atoms with Crippen molar-refractivity contribution >= 4 is 53.2 Å². The number of pyridine rings is 4. The molecule has 0 atom stereocenters. The summed E-state index contributed by atoms with van der Waals surface area (Å²) in [5.74, 6) is 0. The lowest BCUT2D eigenvalue weighted by atomic mass is 9.93. The Balaban J connectivity index is 1.07.